The van der Waals surface area contributed by atoms with Crippen molar-refractivity contribution in [2.45, 2.75) is 49.3 Å². The highest BCUT2D eigenvalue weighted by Gasteiger charge is 2.22. The lowest BCUT2D eigenvalue weighted by Crippen LogP contribution is -2.30. The largest absolute Gasteiger partial charge is 0.342 e. The van der Waals surface area contributed by atoms with Crippen LogP contribution in [-0.4, -0.2) is 36.9 Å². The molecular weight excluding hydrogens is 392 g/mol. The molecule has 0 spiro atoms. The lowest BCUT2D eigenvalue weighted by atomic mass is 9.96. The molecular formula is C19H22N6OS2. The van der Waals surface area contributed by atoms with Gasteiger partial charge in [-0.05, 0) is 28.8 Å². The molecule has 7 nitrogen and oxygen atoms in total. The van der Waals surface area contributed by atoms with E-state index in [0.29, 0.717) is 11.2 Å². The van der Waals surface area contributed by atoms with Crippen molar-refractivity contribution in [3.8, 4) is 0 Å². The zero-order valence-corrected chi connectivity index (χ0v) is 17.0. The fourth-order valence-electron chi connectivity index (χ4n) is 3.48. The molecule has 0 bridgehead atoms. The van der Waals surface area contributed by atoms with E-state index in [1.54, 1.807) is 6.20 Å². The molecule has 1 aliphatic carbocycles. The number of thioether (sulfide) groups is 1. The second kappa shape index (κ2) is 9.29. The van der Waals surface area contributed by atoms with Crippen molar-refractivity contribution in [2.24, 2.45) is 0 Å². The molecule has 28 heavy (non-hydrogen) atoms. The van der Waals surface area contributed by atoms with Gasteiger partial charge in [0.15, 0.2) is 0 Å². The average Bonchev–Trinajstić information content (AvgIpc) is 3.44. The number of carbonyl (C=O) groups is 1. The molecule has 1 N–H and O–H groups in total. The van der Waals surface area contributed by atoms with Crippen LogP contribution in [0.2, 0.25) is 0 Å². The van der Waals surface area contributed by atoms with E-state index in [0.717, 1.165) is 23.4 Å². The molecule has 4 rings (SSSR count). The summed E-state index contributed by atoms with van der Waals surface area (Å²) >= 11 is 2.92. The number of hydrogen-bond acceptors (Lipinski definition) is 7. The molecule has 1 amide bonds. The number of amides is 1. The number of tetrazole rings is 1. The van der Waals surface area contributed by atoms with E-state index in [1.807, 2.05) is 40.4 Å². The van der Waals surface area contributed by atoms with Crippen molar-refractivity contribution >= 4 is 29.0 Å². The van der Waals surface area contributed by atoms with Crippen molar-refractivity contribution < 1.29 is 4.79 Å². The molecule has 1 saturated carbocycles. The number of thiazole rings is 1. The lowest BCUT2D eigenvalue weighted by molar-refractivity contribution is -0.119. The second-order valence-corrected chi connectivity index (χ2v) is 8.64. The Morgan fingerprint density at radius 1 is 1.25 bits per heavy atom. The molecule has 0 radical (unpaired) electrons. The maximum atomic E-state index is 12.7. The summed E-state index contributed by atoms with van der Waals surface area (Å²) in [6.07, 6.45) is 7.66. The maximum absolute atomic E-state index is 12.7. The Labute approximate surface area is 172 Å². The van der Waals surface area contributed by atoms with Gasteiger partial charge < -0.3 is 5.32 Å². The Morgan fingerprint density at radius 3 is 2.82 bits per heavy atom. The quantitative estimate of drug-likeness (QED) is 0.594. The number of nitrogens with one attached hydrogen (secondary N) is 1. The molecule has 0 saturated heterocycles. The summed E-state index contributed by atoms with van der Waals surface area (Å²) in [5.41, 5.74) is 1.02. The van der Waals surface area contributed by atoms with Gasteiger partial charge in [-0.3, -0.25) is 4.79 Å². The fraction of sp³-hybridized carbons (Fsp3) is 0.421. The number of benzene rings is 1. The molecule has 1 unspecified atom stereocenters. The molecule has 0 aliphatic heterocycles. The summed E-state index contributed by atoms with van der Waals surface area (Å²) in [6.45, 7) is 0. The van der Waals surface area contributed by atoms with Gasteiger partial charge in [0.25, 0.3) is 0 Å². The van der Waals surface area contributed by atoms with E-state index in [1.165, 1.54) is 42.4 Å². The minimum atomic E-state index is -0.247. The SMILES string of the molecule is O=C(CSc1nnnn1C1CCCCC1)NC(c1ccccc1)c1nccs1. The van der Waals surface area contributed by atoms with Gasteiger partial charge >= 0.3 is 0 Å². The first-order valence-electron chi connectivity index (χ1n) is 9.45. The van der Waals surface area contributed by atoms with Crippen LogP contribution in [0.1, 0.15) is 54.8 Å². The van der Waals surface area contributed by atoms with Crippen LogP contribution in [-0.2, 0) is 4.79 Å². The Hall–Kier alpha value is -2.26. The summed E-state index contributed by atoms with van der Waals surface area (Å²) < 4.78 is 1.90. The van der Waals surface area contributed by atoms with Crippen molar-refractivity contribution in [1.82, 2.24) is 30.5 Å². The number of nitrogens with zero attached hydrogens (tertiary/aromatic N) is 5. The van der Waals surface area contributed by atoms with Crippen LogP contribution in [0.4, 0.5) is 0 Å². The third-order valence-corrected chi connectivity index (χ3v) is 6.63. The Kier molecular flexibility index (Phi) is 6.33. The average molecular weight is 415 g/mol. The van der Waals surface area contributed by atoms with E-state index in [-0.39, 0.29) is 17.7 Å². The highest BCUT2D eigenvalue weighted by atomic mass is 32.2. The fourth-order valence-corrected chi connectivity index (χ4v) is 4.95. The number of aromatic nitrogens is 5. The predicted molar refractivity (Wildman–Crippen MR) is 109 cm³/mol. The standard InChI is InChI=1S/C19H22N6OS2/c26-16(13-28-19-22-23-24-25(19)15-9-5-2-6-10-15)21-17(18-20-11-12-27-18)14-7-3-1-4-8-14/h1,3-4,7-8,11-12,15,17H,2,5-6,9-10,13H2,(H,21,26). The minimum absolute atomic E-state index is 0.0627. The summed E-state index contributed by atoms with van der Waals surface area (Å²) in [4.78, 5) is 17.1. The summed E-state index contributed by atoms with van der Waals surface area (Å²) in [6, 6.07) is 10.0. The lowest BCUT2D eigenvalue weighted by Gasteiger charge is -2.22. The molecule has 3 aromatic rings. The van der Waals surface area contributed by atoms with Crippen molar-refractivity contribution in [3.63, 3.8) is 0 Å². The van der Waals surface area contributed by atoms with Crippen LogP contribution < -0.4 is 5.32 Å². The van der Waals surface area contributed by atoms with Crippen LogP contribution in [0.3, 0.4) is 0 Å². The third kappa shape index (κ3) is 4.59. The van der Waals surface area contributed by atoms with E-state index in [4.69, 9.17) is 0 Å². The highest BCUT2D eigenvalue weighted by molar-refractivity contribution is 7.99. The van der Waals surface area contributed by atoms with E-state index < -0.39 is 0 Å². The molecule has 2 aromatic heterocycles. The highest BCUT2D eigenvalue weighted by Crippen LogP contribution is 2.30. The van der Waals surface area contributed by atoms with Crippen molar-refractivity contribution in [2.75, 3.05) is 5.75 Å². The van der Waals surface area contributed by atoms with Gasteiger partial charge in [0.1, 0.15) is 11.0 Å². The Bertz CT molecular complexity index is 877. The van der Waals surface area contributed by atoms with Gasteiger partial charge in [0, 0.05) is 11.6 Å². The molecule has 1 aliphatic rings. The second-order valence-electron chi connectivity index (χ2n) is 6.77. The van der Waals surface area contributed by atoms with E-state index in [9.17, 15) is 4.79 Å². The number of rotatable bonds is 7. The van der Waals surface area contributed by atoms with Crippen molar-refractivity contribution in [1.29, 1.82) is 0 Å². The Morgan fingerprint density at radius 2 is 2.07 bits per heavy atom. The molecule has 9 heteroatoms. The monoisotopic (exact) mass is 414 g/mol. The van der Waals surface area contributed by atoms with Crippen LogP contribution >= 0.6 is 23.1 Å². The molecule has 146 valence electrons. The van der Waals surface area contributed by atoms with Crippen LogP contribution in [0.25, 0.3) is 0 Å². The van der Waals surface area contributed by atoms with Gasteiger partial charge in [-0.15, -0.1) is 16.4 Å². The summed E-state index contributed by atoms with van der Waals surface area (Å²) in [5.74, 6) is 0.203. The van der Waals surface area contributed by atoms with Crippen LogP contribution in [0.15, 0.2) is 47.1 Å². The normalized spacial score (nSPS) is 16.0. The van der Waals surface area contributed by atoms with Crippen LogP contribution in [0.5, 0.6) is 0 Å². The molecule has 1 aromatic carbocycles. The predicted octanol–water partition coefficient (Wildman–Crippen LogP) is 3.63. The van der Waals surface area contributed by atoms with E-state index in [2.05, 4.69) is 25.8 Å². The third-order valence-electron chi connectivity index (χ3n) is 4.85. The van der Waals surface area contributed by atoms with Gasteiger partial charge in [0.2, 0.25) is 11.1 Å². The maximum Gasteiger partial charge on any atom is 0.231 e. The van der Waals surface area contributed by atoms with Gasteiger partial charge in [-0.25, -0.2) is 9.67 Å². The zero-order valence-electron chi connectivity index (χ0n) is 15.4. The number of hydrogen-bond donors (Lipinski definition) is 1. The smallest absolute Gasteiger partial charge is 0.231 e. The van der Waals surface area contributed by atoms with Crippen molar-refractivity contribution in [3.05, 3.63) is 52.5 Å². The first-order valence-corrected chi connectivity index (χ1v) is 11.3. The van der Waals surface area contributed by atoms with E-state index >= 15 is 0 Å². The number of carbonyl (C=O) groups excluding carboxylic acids is 1. The van der Waals surface area contributed by atoms with Crippen LogP contribution in [0, 0.1) is 0 Å². The Balaban J connectivity index is 1.40. The first kappa shape index (κ1) is 19.1. The minimum Gasteiger partial charge on any atom is -0.342 e. The van der Waals surface area contributed by atoms with Gasteiger partial charge in [-0.1, -0.05) is 61.4 Å². The van der Waals surface area contributed by atoms with Gasteiger partial charge in [0.05, 0.1) is 11.8 Å². The molecule has 1 atom stereocenters. The summed E-state index contributed by atoms with van der Waals surface area (Å²) in [5, 5.41) is 18.7. The summed E-state index contributed by atoms with van der Waals surface area (Å²) in [7, 11) is 0. The molecule has 2 heterocycles. The van der Waals surface area contributed by atoms with Gasteiger partial charge in [-0.2, -0.15) is 0 Å². The zero-order chi connectivity index (χ0) is 19.2. The molecule has 1 fully saturated rings. The topological polar surface area (TPSA) is 85.6 Å². The first-order chi connectivity index (χ1) is 13.8.